The molecule has 1 unspecified atom stereocenters. The Balaban J connectivity index is 1.68. The molecule has 31 heavy (non-hydrogen) atoms. The minimum absolute atomic E-state index is 0.00727. The van der Waals surface area contributed by atoms with E-state index >= 15 is 0 Å². The molecule has 0 saturated carbocycles. The van der Waals surface area contributed by atoms with Crippen LogP contribution >= 0.6 is 0 Å². The molecule has 3 rings (SSSR count). The molecule has 2 aliphatic rings. The molecule has 1 aromatic carbocycles. The van der Waals surface area contributed by atoms with Crippen LogP contribution in [0.3, 0.4) is 0 Å². The second-order valence-corrected chi connectivity index (χ2v) is 8.50. The van der Waals surface area contributed by atoms with Gasteiger partial charge in [-0.2, -0.15) is 0 Å². The van der Waals surface area contributed by atoms with Crippen LogP contribution in [0.15, 0.2) is 24.3 Å². The Morgan fingerprint density at radius 3 is 2.29 bits per heavy atom. The van der Waals surface area contributed by atoms with Gasteiger partial charge in [0.2, 0.25) is 5.75 Å². The first kappa shape index (κ1) is 22.9. The summed E-state index contributed by atoms with van der Waals surface area (Å²) in [4.78, 5) is 29.3. The van der Waals surface area contributed by atoms with Crippen LogP contribution in [0.5, 0.6) is 17.2 Å². The highest BCUT2D eigenvalue weighted by Gasteiger charge is 2.54. The number of amides is 3. The highest BCUT2D eigenvalue weighted by Crippen LogP contribution is 2.39. The average Bonchev–Trinajstić information content (AvgIpc) is 3.00. The van der Waals surface area contributed by atoms with E-state index in [1.54, 1.807) is 0 Å². The third-order valence-corrected chi connectivity index (χ3v) is 6.42. The Morgan fingerprint density at radius 2 is 1.81 bits per heavy atom. The molecule has 1 aromatic rings. The van der Waals surface area contributed by atoms with E-state index < -0.39 is 5.54 Å². The summed E-state index contributed by atoms with van der Waals surface area (Å²) in [6.45, 7) is 10.2. The molecule has 8 nitrogen and oxygen atoms in total. The van der Waals surface area contributed by atoms with Gasteiger partial charge in [0.15, 0.2) is 11.5 Å². The summed E-state index contributed by atoms with van der Waals surface area (Å²) in [6.07, 6.45) is 2.20. The number of hydrogen-bond donors (Lipinski definition) is 2. The van der Waals surface area contributed by atoms with Crippen molar-refractivity contribution < 1.29 is 24.2 Å². The standard InChI is InChI=1S/C23H33N3O5/c1-6-23(21(28)26(13-15(2)3)22(29)24-23)17-7-9-25(10-8-17)14-16-11-18(30-4)20(27)19(12-16)31-5/h11-12,17,27H,2,6-10,13-14H2,1,3-5H3,(H,24,29). The van der Waals surface area contributed by atoms with Crippen molar-refractivity contribution in [3.05, 3.63) is 29.8 Å². The zero-order valence-electron chi connectivity index (χ0n) is 18.9. The number of rotatable bonds is 8. The van der Waals surface area contributed by atoms with E-state index in [2.05, 4.69) is 16.8 Å². The number of ether oxygens (including phenoxy) is 2. The maximum atomic E-state index is 13.2. The molecule has 0 spiro atoms. The minimum atomic E-state index is -0.830. The predicted octanol–water partition coefficient (Wildman–Crippen LogP) is 2.90. The summed E-state index contributed by atoms with van der Waals surface area (Å²) in [5, 5.41) is 13.1. The van der Waals surface area contributed by atoms with Gasteiger partial charge in [0.25, 0.3) is 5.91 Å². The number of imide groups is 1. The average molecular weight is 432 g/mol. The van der Waals surface area contributed by atoms with Crippen molar-refractivity contribution in [3.63, 3.8) is 0 Å². The summed E-state index contributed by atoms with van der Waals surface area (Å²) in [5.74, 6) is 0.711. The summed E-state index contributed by atoms with van der Waals surface area (Å²) in [5.41, 5.74) is 0.932. The summed E-state index contributed by atoms with van der Waals surface area (Å²) >= 11 is 0. The predicted molar refractivity (Wildman–Crippen MR) is 117 cm³/mol. The third kappa shape index (κ3) is 4.35. The first-order valence-corrected chi connectivity index (χ1v) is 10.7. The first-order valence-electron chi connectivity index (χ1n) is 10.7. The van der Waals surface area contributed by atoms with Crippen molar-refractivity contribution >= 4 is 11.9 Å². The van der Waals surface area contributed by atoms with Crippen LogP contribution in [-0.4, -0.2) is 66.2 Å². The van der Waals surface area contributed by atoms with Crippen LogP contribution in [0.2, 0.25) is 0 Å². The highest BCUT2D eigenvalue weighted by atomic mass is 16.5. The smallest absolute Gasteiger partial charge is 0.325 e. The number of phenolic OH excluding ortho intramolecular Hbond substituents is 1. The Labute approximate surface area is 183 Å². The van der Waals surface area contributed by atoms with Gasteiger partial charge in [0, 0.05) is 6.54 Å². The molecular weight excluding hydrogens is 398 g/mol. The monoisotopic (exact) mass is 431 g/mol. The fourth-order valence-electron chi connectivity index (χ4n) is 4.74. The molecular formula is C23H33N3O5. The maximum Gasteiger partial charge on any atom is 0.325 e. The Hall–Kier alpha value is -2.74. The Bertz CT molecular complexity index is 838. The van der Waals surface area contributed by atoms with E-state index in [4.69, 9.17) is 9.47 Å². The lowest BCUT2D eigenvalue weighted by Gasteiger charge is -2.40. The van der Waals surface area contributed by atoms with Gasteiger partial charge in [0.05, 0.1) is 20.8 Å². The molecule has 2 N–H and O–H groups in total. The number of urea groups is 1. The van der Waals surface area contributed by atoms with Crippen molar-refractivity contribution in [2.45, 2.75) is 45.2 Å². The number of aromatic hydroxyl groups is 1. The van der Waals surface area contributed by atoms with Crippen molar-refractivity contribution in [1.82, 2.24) is 15.1 Å². The molecule has 0 radical (unpaired) electrons. The molecule has 0 aliphatic carbocycles. The van der Waals surface area contributed by atoms with Gasteiger partial charge < -0.3 is 19.9 Å². The van der Waals surface area contributed by atoms with Crippen molar-refractivity contribution in [3.8, 4) is 17.2 Å². The van der Waals surface area contributed by atoms with Gasteiger partial charge in [-0.25, -0.2) is 4.79 Å². The van der Waals surface area contributed by atoms with Gasteiger partial charge in [-0.3, -0.25) is 14.6 Å². The van der Waals surface area contributed by atoms with Crippen molar-refractivity contribution in [2.24, 2.45) is 5.92 Å². The third-order valence-electron chi connectivity index (χ3n) is 6.42. The molecule has 0 bridgehead atoms. The zero-order valence-corrected chi connectivity index (χ0v) is 18.9. The second-order valence-electron chi connectivity index (χ2n) is 8.50. The maximum absolute atomic E-state index is 13.2. The van der Waals surface area contributed by atoms with Gasteiger partial charge in [-0.05, 0) is 62.9 Å². The largest absolute Gasteiger partial charge is 0.502 e. The number of hydrogen-bond acceptors (Lipinski definition) is 6. The van der Waals surface area contributed by atoms with Gasteiger partial charge in [-0.1, -0.05) is 19.1 Å². The van der Waals surface area contributed by atoms with E-state index in [9.17, 15) is 14.7 Å². The van der Waals surface area contributed by atoms with Crippen LogP contribution < -0.4 is 14.8 Å². The van der Waals surface area contributed by atoms with Crippen LogP contribution in [0.4, 0.5) is 4.79 Å². The molecule has 3 amide bonds. The SMILES string of the molecule is C=C(C)CN1C(=O)NC(CC)(C2CCN(Cc3cc(OC)c(O)c(OC)c3)CC2)C1=O. The molecule has 1 atom stereocenters. The number of nitrogens with zero attached hydrogens (tertiary/aromatic N) is 2. The number of likely N-dealkylation sites (tertiary alicyclic amines) is 1. The first-order chi connectivity index (χ1) is 14.7. The number of benzene rings is 1. The topological polar surface area (TPSA) is 91.3 Å². The number of carbonyl (C=O) groups is 2. The van der Waals surface area contributed by atoms with Crippen LogP contribution in [0.1, 0.15) is 38.7 Å². The van der Waals surface area contributed by atoms with Crippen molar-refractivity contribution in [1.29, 1.82) is 0 Å². The highest BCUT2D eigenvalue weighted by molar-refractivity contribution is 6.07. The van der Waals surface area contributed by atoms with Gasteiger partial charge in [0.1, 0.15) is 5.54 Å². The number of nitrogens with one attached hydrogen (secondary N) is 1. The molecule has 2 fully saturated rings. The summed E-state index contributed by atoms with van der Waals surface area (Å²) in [6, 6.07) is 3.31. The van der Waals surface area contributed by atoms with Gasteiger partial charge in [-0.15, -0.1) is 0 Å². The number of methoxy groups -OCH3 is 2. The number of carbonyl (C=O) groups excluding carboxylic acids is 2. The number of piperidine rings is 1. The van der Waals surface area contributed by atoms with E-state index in [-0.39, 0.29) is 30.2 Å². The van der Waals surface area contributed by atoms with Crippen LogP contribution in [-0.2, 0) is 11.3 Å². The van der Waals surface area contributed by atoms with Crippen molar-refractivity contribution in [2.75, 3.05) is 33.9 Å². The van der Waals surface area contributed by atoms with E-state index in [0.717, 1.165) is 37.1 Å². The van der Waals surface area contributed by atoms with Crippen LogP contribution in [0.25, 0.3) is 0 Å². The minimum Gasteiger partial charge on any atom is -0.502 e. The zero-order chi connectivity index (χ0) is 22.8. The molecule has 8 heteroatoms. The molecule has 170 valence electrons. The normalized spacial score (nSPS) is 22.5. The number of phenols is 1. The molecule has 2 heterocycles. The fourth-order valence-corrected chi connectivity index (χ4v) is 4.74. The Morgan fingerprint density at radius 1 is 1.23 bits per heavy atom. The lowest BCUT2D eigenvalue weighted by Crippen LogP contribution is -2.55. The molecule has 2 saturated heterocycles. The second kappa shape index (κ2) is 9.18. The molecule has 2 aliphatic heterocycles. The van der Waals surface area contributed by atoms with E-state index in [1.807, 2.05) is 26.0 Å². The lowest BCUT2D eigenvalue weighted by molar-refractivity contribution is -0.134. The van der Waals surface area contributed by atoms with E-state index in [1.165, 1.54) is 19.1 Å². The lowest BCUT2D eigenvalue weighted by atomic mass is 9.75. The summed E-state index contributed by atoms with van der Waals surface area (Å²) in [7, 11) is 3.02. The van der Waals surface area contributed by atoms with Crippen LogP contribution in [0, 0.1) is 5.92 Å². The quantitative estimate of drug-likeness (QED) is 0.486. The summed E-state index contributed by atoms with van der Waals surface area (Å²) < 4.78 is 10.5. The fraction of sp³-hybridized carbons (Fsp3) is 0.565. The van der Waals surface area contributed by atoms with Gasteiger partial charge >= 0.3 is 6.03 Å². The molecule has 0 aromatic heterocycles. The van der Waals surface area contributed by atoms with E-state index in [0.29, 0.717) is 24.5 Å². The Kier molecular flexibility index (Phi) is 6.79.